The molecule has 90 valence electrons. The van der Waals surface area contributed by atoms with Gasteiger partial charge in [-0.25, -0.2) is 0 Å². The number of pyridine rings is 1. The standard InChI is InChI=1S/C12H14BrN3O/c1-16(2)11-5-6-14-8-10(11)15-7-9-3-4-12(13)17-9/h3-6,8,15H,7H2,1-2H3. The maximum atomic E-state index is 5.43. The molecular formula is C12H14BrN3O. The number of rotatable bonds is 4. The highest BCUT2D eigenvalue weighted by atomic mass is 79.9. The van der Waals surface area contributed by atoms with Gasteiger partial charge in [-0.3, -0.25) is 4.98 Å². The monoisotopic (exact) mass is 295 g/mol. The highest BCUT2D eigenvalue weighted by Gasteiger charge is 2.05. The molecule has 0 unspecified atom stereocenters. The van der Waals surface area contributed by atoms with Crippen LogP contribution in [0.3, 0.4) is 0 Å². The van der Waals surface area contributed by atoms with Crippen molar-refractivity contribution in [3.63, 3.8) is 0 Å². The Hall–Kier alpha value is -1.49. The maximum absolute atomic E-state index is 5.43. The first-order valence-electron chi connectivity index (χ1n) is 5.26. The zero-order chi connectivity index (χ0) is 12.3. The Morgan fingerprint density at radius 3 is 2.82 bits per heavy atom. The first kappa shape index (κ1) is 12.0. The molecule has 0 spiro atoms. The van der Waals surface area contributed by atoms with Crippen molar-refractivity contribution in [1.29, 1.82) is 0 Å². The predicted molar refractivity (Wildman–Crippen MR) is 72.3 cm³/mol. The molecule has 2 rings (SSSR count). The lowest BCUT2D eigenvalue weighted by Crippen LogP contribution is -2.12. The summed E-state index contributed by atoms with van der Waals surface area (Å²) in [7, 11) is 4.01. The summed E-state index contributed by atoms with van der Waals surface area (Å²) in [6.45, 7) is 0.637. The molecule has 0 aliphatic heterocycles. The molecule has 5 heteroatoms. The van der Waals surface area contributed by atoms with E-state index in [0.29, 0.717) is 6.54 Å². The molecule has 0 aliphatic carbocycles. The summed E-state index contributed by atoms with van der Waals surface area (Å²) < 4.78 is 6.17. The smallest absolute Gasteiger partial charge is 0.169 e. The van der Waals surface area contributed by atoms with E-state index in [0.717, 1.165) is 21.8 Å². The van der Waals surface area contributed by atoms with Crippen molar-refractivity contribution in [2.75, 3.05) is 24.3 Å². The van der Waals surface area contributed by atoms with Crippen LogP contribution >= 0.6 is 15.9 Å². The van der Waals surface area contributed by atoms with E-state index in [-0.39, 0.29) is 0 Å². The molecule has 17 heavy (non-hydrogen) atoms. The van der Waals surface area contributed by atoms with Crippen LogP contribution in [-0.4, -0.2) is 19.1 Å². The second kappa shape index (κ2) is 5.23. The van der Waals surface area contributed by atoms with Crippen molar-refractivity contribution in [2.24, 2.45) is 0 Å². The Bertz CT molecular complexity index is 496. The third-order valence-electron chi connectivity index (χ3n) is 2.36. The number of nitrogens with one attached hydrogen (secondary N) is 1. The number of furan rings is 1. The third-order valence-corrected chi connectivity index (χ3v) is 2.79. The van der Waals surface area contributed by atoms with Gasteiger partial charge in [-0.05, 0) is 34.1 Å². The van der Waals surface area contributed by atoms with Gasteiger partial charge in [0.05, 0.1) is 24.1 Å². The van der Waals surface area contributed by atoms with Crippen molar-refractivity contribution < 1.29 is 4.42 Å². The normalized spacial score (nSPS) is 10.3. The van der Waals surface area contributed by atoms with Crippen LogP contribution in [0.4, 0.5) is 11.4 Å². The van der Waals surface area contributed by atoms with Crippen molar-refractivity contribution >= 4 is 27.3 Å². The average Bonchev–Trinajstić information content (AvgIpc) is 2.73. The summed E-state index contributed by atoms with van der Waals surface area (Å²) >= 11 is 3.28. The van der Waals surface area contributed by atoms with Crippen LogP contribution in [0.2, 0.25) is 0 Å². The maximum Gasteiger partial charge on any atom is 0.169 e. The van der Waals surface area contributed by atoms with Crippen LogP contribution in [-0.2, 0) is 6.54 Å². The van der Waals surface area contributed by atoms with Gasteiger partial charge in [0.15, 0.2) is 4.67 Å². The Morgan fingerprint density at radius 2 is 2.18 bits per heavy atom. The summed E-state index contributed by atoms with van der Waals surface area (Å²) in [6, 6.07) is 5.79. The number of hydrogen-bond donors (Lipinski definition) is 1. The molecule has 0 saturated carbocycles. The minimum Gasteiger partial charge on any atom is -0.452 e. The van der Waals surface area contributed by atoms with Gasteiger partial charge in [0, 0.05) is 20.3 Å². The van der Waals surface area contributed by atoms with Gasteiger partial charge in [-0.15, -0.1) is 0 Å². The number of halogens is 1. The molecule has 0 aliphatic rings. The first-order valence-corrected chi connectivity index (χ1v) is 6.05. The Balaban J connectivity index is 2.08. The second-order valence-electron chi connectivity index (χ2n) is 3.85. The largest absolute Gasteiger partial charge is 0.452 e. The lowest BCUT2D eigenvalue weighted by molar-refractivity contribution is 0.495. The van der Waals surface area contributed by atoms with Crippen molar-refractivity contribution in [3.8, 4) is 0 Å². The summed E-state index contributed by atoms with van der Waals surface area (Å²) in [5.74, 6) is 0.880. The molecule has 1 N–H and O–H groups in total. The predicted octanol–water partition coefficient (Wildman–Crippen LogP) is 3.12. The molecule has 0 fully saturated rings. The summed E-state index contributed by atoms with van der Waals surface area (Å²) in [4.78, 5) is 6.16. The molecule has 0 bridgehead atoms. The van der Waals surface area contributed by atoms with E-state index >= 15 is 0 Å². The van der Waals surface area contributed by atoms with Gasteiger partial charge >= 0.3 is 0 Å². The highest BCUT2D eigenvalue weighted by Crippen LogP contribution is 2.23. The molecule has 4 nitrogen and oxygen atoms in total. The van der Waals surface area contributed by atoms with E-state index in [9.17, 15) is 0 Å². The molecule has 0 aromatic carbocycles. The van der Waals surface area contributed by atoms with Crippen LogP contribution < -0.4 is 10.2 Å². The van der Waals surface area contributed by atoms with Crippen LogP contribution in [0.1, 0.15) is 5.76 Å². The highest BCUT2D eigenvalue weighted by molar-refractivity contribution is 9.10. The van der Waals surface area contributed by atoms with Crippen LogP contribution in [0.15, 0.2) is 39.7 Å². The van der Waals surface area contributed by atoms with Crippen LogP contribution in [0, 0.1) is 0 Å². The zero-order valence-electron chi connectivity index (χ0n) is 9.77. The van der Waals surface area contributed by atoms with Crippen molar-refractivity contribution in [3.05, 3.63) is 41.0 Å². The Morgan fingerprint density at radius 1 is 1.35 bits per heavy atom. The van der Waals surface area contributed by atoms with E-state index in [1.165, 1.54) is 0 Å². The molecule has 2 heterocycles. The quantitative estimate of drug-likeness (QED) is 0.941. The fraction of sp³-hybridized carbons (Fsp3) is 0.250. The van der Waals surface area contributed by atoms with Gasteiger partial charge in [-0.2, -0.15) is 0 Å². The van der Waals surface area contributed by atoms with Gasteiger partial charge in [0.25, 0.3) is 0 Å². The first-order chi connectivity index (χ1) is 8.16. The molecule has 2 aromatic rings. The Labute approximate surface area is 109 Å². The van der Waals surface area contributed by atoms with E-state index in [1.807, 2.05) is 43.4 Å². The fourth-order valence-electron chi connectivity index (χ4n) is 1.54. The number of aromatic nitrogens is 1. The molecule has 0 atom stereocenters. The average molecular weight is 296 g/mol. The van der Waals surface area contributed by atoms with Crippen LogP contribution in [0.5, 0.6) is 0 Å². The third kappa shape index (κ3) is 3.00. The lowest BCUT2D eigenvalue weighted by atomic mass is 10.3. The second-order valence-corrected chi connectivity index (χ2v) is 4.63. The van der Waals surface area contributed by atoms with Gasteiger partial charge in [0.2, 0.25) is 0 Å². The topological polar surface area (TPSA) is 41.3 Å². The van der Waals surface area contributed by atoms with Crippen molar-refractivity contribution in [1.82, 2.24) is 4.98 Å². The lowest BCUT2D eigenvalue weighted by Gasteiger charge is -2.17. The number of nitrogens with zero attached hydrogens (tertiary/aromatic N) is 2. The minimum absolute atomic E-state index is 0.637. The zero-order valence-corrected chi connectivity index (χ0v) is 11.4. The van der Waals surface area contributed by atoms with Gasteiger partial charge in [-0.1, -0.05) is 0 Å². The molecule has 2 aromatic heterocycles. The minimum atomic E-state index is 0.637. The number of hydrogen-bond acceptors (Lipinski definition) is 4. The number of anilines is 2. The summed E-state index contributed by atoms with van der Waals surface area (Å²) in [6.07, 6.45) is 3.59. The van der Waals surface area contributed by atoms with E-state index in [1.54, 1.807) is 6.20 Å². The molecule has 0 radical (unpaired) electrons. The SMILES string of the molecule is CN(C)c1ccncc1NCc1ccc(Br)o1. The summed E-state index contributed by atoms with van der Waals surface area (Å²) in [5, 5.41) is 3.31. The van der Waals surface area contributed by atoms with Crippen molar-refractivity contribution in [2.45, 2.75) is 6.54 Å². The molecular weight excluding hydrogens is 282 g/mol. The van der Waals surface area contributed by atoms with E-state index in [2.05, 4.69) is 26.2 Å². The van der Waals surface area contributed by atoms with E-state index in [4.69, 9.17) is 4.42 Å². The fourth-order valence-corrected chi connectivity index (χ4v) is 1.88. The summed E-state index contributed by atoms with van der Waals surface area (Å²) in [5.41, 5.74) is 2.09. The molecule has 0 saturated heterocycles. The Kier molecular flexibility index (Phi) is 3.68. The molecule has 0 amide bonds. The van der Waals surface area contributed by atoms with Gasteiger partial charge in [0.1, 0.15) is 5.76 Å². The van der Waals surface area contributed by atoms with Crippen LogP contribution in [0.25, 0.3) is 0 Å². The van der Waals surface area contributed by atoms with Gasteiger partial charge < -0.3 is 14.6 Å². The van der Waals surface area contributed by atoms with E-state index < -0.39 is 0 Å².